The van der Waals surface area contributed by atoms with Crippen LogP contribution in [-0.2, 0) is 20.9 Å². The summed E-state index contributed by atoms with van der Waals surface area (Å²) >= 11 is 0. The van der Waals surface area contributed by atoms with Gasteiger partial charge in [0.15, 0.2) is 6.10 Å². The second kappa shape index (κ2) is 6.35. The van der Waals surface area contributed by atoms with E-state index in [0.717, 1.165) is 25.2 Å². The largest absolute Gasteiger partial charge is 0.459 e. The summed E-state index contributed by atoms with van der Waals surface area (Å²) in [6, 6.07) is 9.77. The molecule has 108 valence electrons. The number of carbonyl (C=O) groups is 1. The molecule has 5 heteroatoms. The number of esters is 1. The number of hydrogen-bond donors (Lipinski definition) is 2. The molecule has 2 aliphatic rings. The maximum Gasteiger partial charge on any atom is 0.337 e. The zero-order valence-electron chi connectivity index (χ0n) is 11.4. The van der Waals surface area contributed by atoms with Gasteiger partial charge in [0.1, 0.15) is 6.61 Å². The van der Waals surface area contributed by atoms with Gasteiger partial charge in [-0.3, -0.25) is 0 Å². The summed E-state index contributed by atoms with van der Waals surface area (Å²) in [4.78, 5) is 12.2. The van der Waals surface area contributed by atoms with Crippen LogP contribution in [0.4, 0.5) is 0 Å². The summed E-state index contributed by atoms with van der Waals surface area (Å²) < 4.78 is 11.0. The Labute approximate surface area is 118 Å². The topological polar surface area (TPSA) is 59.6 Å². The van der Waals surface area contributed by atoms with E-state index in [-0.39, 0.29) is 12.0 Å². The van der Waals surface area contributed by atoms with Gasteiger partial charge in [0.2, 0.25) is 0 Å². The van der Waals surface area contributed by atoms with Gasteiger partial charge >= 0.3 is 5.97 Å². The zero-order chi connectivity index (χ0) is 13.8. The Morgan fingerprint density at radius 1 is 1.30 bits per heavy atom. The quantitative estimate of drug-likeness (QED) is 0.775. The number of ether oxygens (including phenoxy) is 2. The first kappa shape index (κ1) is 13.5. The van der Waals surface area contributed by atoms with E-state index in [2.05, 4.69) is 10.6 Å². The molecule has 2 saturated heterocycles. The Morgan fingerprint density at radius 2 is 2.10 bits per heavy atom. The number of morpholine rings is 1. The lowest BCUT2D eigenvalue weighted by molar-refractivity contribution is -0.165. The molecule has 2 N–H and O–H groups in total. The predicted octanol–water partition coefficient (Wildman–Crippen LogP) is 0.306. The third kappa shape index (κ3) is 3.00. The number of carbonyl (C=O) groups excluding carboxylic acids is 1. The van der Waals surface area contributed by atoms with Crippen molar-refractivity contribution in [1.82, 2.24) is 10.6 Å². The molecule has 0 aromatic heterocycles. The van der Waals surface area contributed by atoms with E-state index in [0.29, 0.717) is 19.1 Å². The van der Waals surface area contributed by atoms with E-state index in [9.17, 15) is 4.79 Å². The lowest BCUT2D eigenvalue weighted by Crippen LogP contribution is -2.63. The van der Waals surface area contributed by atoms with Crippen LogP contribution in [0.2, 0.25) is 0 Å². The van der Waals surface area contributed by atoms with Gasteiger partial charge in [-0.05, 0) is 5.56 Å². The van der Waals surface area contributed by atoms with Crippen LogP contribution >= 0.6 is 0 Å². The van der Waals surface area contributed by atoms with E-state index >= 15 is 0 Å². The van der Waals surface area contributed by atoms with Crippen LogP contribution < -0.4 is 10.6 Å². The highest BCUT2D eigenvalue weighted by molar-refractivity contribution is 5.76. The Bertz CT molecular complexity index is 448. The molecule has 20 heavy (non-hydrogen) atoms. The van der Waals surface area contributed by atoms with Crippen LogP contribution in [0.15, 0.2) is 30.3 Å². The standard InChI is InChI=1S/C15H20N2O3/c18-15(20-10-11-4-2-1-3-5-11)14-13(12-8-16-9-12)17-6-7-19-14/h1-5,12-14,16-17H,6-10H2. The van der Waals surface area contributed by atoms with Crippen molar-refractivity contribution in [2.75, 3.05) is 26.2 Å². The van der Waals surface area contributed by atoms with Crippen molar-refractivity contribution in [3.63, 3.8) is 0 Å². The summed E-state index contributed by atoms with van der Waals surface area (Å²) in [7, 11) is 0. The van der Waals surface area contributed by atoms with Crippen molar-refractivity contribution in [1.29, 1.82) is 0 Å². The molecule has 0 saturated carbocycles. The van der Waals surface area contributed by atoms with Crippen molar-refractivity contribution in [2.45, 2.75) is 18.8 Å². The molecular weight excluding hydrogens is 256 g/mol. The van der Waals surface area contributed by atoms with Gasteiger partial charge in [-0.2, -0.15) is 0 Å². The Balaban J connectivity index is 1.57. The minimum atomic E-state index is -0.487. The molecule has 2 unspecified atom stereocenters. The third-order valence-corrected chi connectivity index (χ3v) is 3.88. The number of nitrogens with one attached hydrogen (secondary N) is 2. The van der Waals surface area contributed by atoms with Crippen molar-refractivity contribution >= 4 is 5.97 Å². The van der Waals surface area contributed by atoms with Gasteiger partial charge < -0.3 is 20.1 Å². The van der Waals surface area contributed by atoms with Crippen molar-refractivity contribution in [2.24, 2.45) is 5.92 Å². The minimum absolute atomic E-state index is 0.0632. The smallest absolute Gasteiger partial charge is 0.337 e. The predicted molar refractivity (Wildman–Crippen MR) is 74.1 cm³/mol. The van der Waals surface area contributed by atoms with Gasteiger partial charge in [-0.1, -0.05) is 30.3 Å². The monoisotopic (exact) mass is 276 g/mol. The summed E-state index contributed by atoms with van der Waals surface area (Å²) in [6.45, 7) is 3.52. The molecule has 0 amide bonds. The van der Waals surface area contributed by atoms with E-state index in [1.54, 1.807) is 0 Å². The lowest BCUT2D eigenvalue weighted by atomic mass is 9.89. The Kier molecular flexibility index (Phi) is 4.30. The second-order valence-electron chi connectivity index (χ2n) is 5.28. The lowest BCUT2D eigenvalue weighted by Gasteiger charge is -2.41. The molecule has 2 heterocycles. The first-order chi connectivity index (χ1) is 9.84. The highest BCUT2D eigenvalue weighted by Gasteiger charge is 2.40. The fourth-order valence-electron chi connectivity index (χ4n) is 2.63. The van der Waals surface area contributed by atoms with E-state index in [1.165, 1.54) is 0 Å². The van der Waals surface area contributed by atoms with Gasteiger partial charge in [-0.15, -0.1) is 0 Å². The summed E-state index contributed by atoms with van der Waals surface area (Å²) in [6.07, 6.45) is -0.487. The van der Waals surface area contributed by atoms with Crippen LogP contribution in [0.5, 0.6) is 0 Å². The van der Waals surface area contributed by atoms with Crippen molar-refractivity contribution < 1.29 is 14.3 Å². The van der Waals surface area contributed by atoms with Gasteiger partial charge in [0, 0.05) is 31.6 Å². The van der Waals surface area contributed by atoms with Crippen molar-refractivity contribution in [3.8, 4) is 0 Å². The van der Waals surface area contributed by atoms with Crippen LogP contribution in [0, 0.1) is 5.92 Å². The fourth-order valence-corrected chi connectivity index (χ4v) is 2.63. The third-order valence-electron chi connectivity index (χ3n) is 3.88. The molecule has 0 spiro atoms. The van der Waals surface area contributed by atoms with Gasteiger partial charge in [-0.25, -0.2) is 4.79 Å². The summed E-state index contributed by atoms with van der Waals surface area (Å²) in [5.74, 6) is 0.183. The summed E-state index contributed by atoms with van der Waals surface area (Å²) in [5, 5.41) is 6.61. The molecule has 2 aliphatic heterocycles. The minimum Gasteiger partial charge on any atom is -0.459 e. The average molecular weight is 276 g/mol. The second-order valence-corrected chi connectivity index (χ2v) is 5.28. The van der Waals surface area contributed by atoms with Crippen LogP contribution in [-0.4, -0.2) is 44.4 Å². The Hall–Kier alpha value is -1.43. The normalized spacial score (nSPS) is 26.8. The summed E-state index contributed by atoms with van der Waals surface area (Å²) in [5.41, 5.74) is 0.992. The average Bonchev–Trinajstić information content (AvgIpc) is 2.45. The number of benzene rings is 1. The molecule has 1 aromatic carbocycles. The fraction of sp³-hybridized carbons (Fsp3) is 0.533. The SMILES string of the molecule is O=C(OCc1ccccc1)C1OCCNC1C1CNC1. The molecule has 2 atom stereocenters. The maximum absolute atomic E-state index is 12.2. The van der Waals surface area contributed by atoms with E-state index in [1.807, 2.05) is 30.3 Å². The van der Waals surface area contributed by atoms with Crippen LogP contribution in [0.1, 0.15) is 5.56 Å². The molecule has 3 rings (SSSR count). The van der Waals surface area contributed by atoms with Crippen LogP contribution in [0.3, 0.4) is 0 Å². The molecule has 0 radical (unpaired) electrons. The highest BCUT2D eigenvalue weighted by Crippen LogP contribution is 2.19. The first-order valence-electron chi connectivity index (χ1n) is 7.11. The number of rotatable bonds is 4. The Morgan fingerprint density at radius 3 is 2.80 bits per heavy atom. The molecule has 2 fully saturated rings. The molecule has 0 aliphatic carbocycles. The van der Waals surface area contributed by atoms with E-state index < -0.39 is 6.10 Å². The van der Waals surface area contributed by atoms with Gasteiger partial charge in [0.05, 0.1) is 6.61 Å². The van der Waals surface area contributed by atoms with E-state index in [4.69, 9.17) is 9.47 Å². The number of hydrogen-bond acceptors (Lipinski definition) is 5. The molecule has 5 nitrogen and oxygen atoms in total. The first-order valence-corrected chi connectivity index (χ1v) is 7.11. The van der Waals surface area contributed by atoms with Gasteiger partial charge in [0.25, 0.3) is 0 Å². The highest BCUT2D eigenvalue weighted by atomic mass is 16.6. The molecule has 0 bridgehead atoms. The van der Waals surface area contributed by atoms with Crippen molar-refractivity contribution in [3.05, 3.63) is 35.9 Å². The molecular formula is C15H20N2O3. The molecule has 1 aromatic rings. The zero-order valence-corrected chi connectivity index (χ0v) is 11.4. The van der Waals surface area contributed by atoms with Crippen LogP contribution in [0.25, 0.3) is 0 Å². The maximum atomic E-state index is 12.2.